The Morgan fingerprint density at radius 3 is 2.72 bits per heavy atom. The Morgan fingerprint density at radius 1 is 1.20 bits per heavy atom. The van der Waals surface area contributed by atoms with Crippen LogP contribution in [0.4, 0.5) is 14.5 Å². The highest BCUT2D eigenvalue weighted by Crippen LogP contribution is 2.20. The molecule has 1 heterocycles. The molecule has 0 bridgehead atoms. The first-order valence-electron chi connectivity index (χ1n) is 7.40. The third-order valence-electron chi connectivity index (χ3n) is 3.52. The Kier molecular flexibility index (Phi) is 4.80. The number of hydrogen-bond donors (Lipinski definition) is 2. The quantitative estimate of drug-likeness (QED) is 0.744. The number of aliphatic hydroxyl groups is 1. The molecule has 8 heteroatoms. The lowest BCUT2D eigenvalue weighted by atomic mass is 10.1. The molecule has 1 aromatic heterocycles. The van der Waals surface area contributed by atoms with Crippen molar-refractivity contribution in [1.29, 1.82) is 0 Å². The summed E-state index contributed by atoms with van der Waals surface area (Å²) in [5.41, 5.74) is 0.330. The molecule has 6 nitrogen and oxygen atoms in total. The van der Waals surface area contributed by atoms with Gasteiger partial charge in [0.15, 0.2) is 5.82 Å². The zero-order chi connectivity index (χ0) is 17.8. The summed E-state index contributed by atoms with van der Waals surface area (Å²) in [5.74, 6) is -1.85. The number of hydrogen-bond acceptors (Lipinski definition) is 4. The van der Waals surface area contributed by atoms with Crippen LogP contribution in [-0.2, 0) is 11.3 Å². The van der Waals surface area contributed by atoms with E-state index in [4.69, 9.17) is 0 Å². The van der Waals surface area contributed by atoms with E-state index >= 15 is 0 Å². The minimum atomic E-state index is -1.07. The van der Waals surface area contributed by atoms with Gasteiger partial charge in [0, 0.05) is 6.07 Å². The molecule has 0 saturated carbocycles. The molecule has 0 fully saturated rings. The molecule has 0 aliphatic carbocycles. The lowest BCUT2D eigenvalue weighted by molar-refractivity contribution is -0.116. The molecule has 25 heavy (non-hydrogen) atoms. The smallest absolute Gasteiger partial charge is 0.244 e. The summed E-state index contributed by atoms with van der Waals surface area (Å²) in [5, 5.41) is 20.2. The van der Waals surface area contributed by atoms with E-state index in [0.29, 0.717) is 5.56 Å². The highest BCUT2D eigenvalue weighted by Gasteiger charge is 2.19. The first-order valence-corrected chi connectivity index (χ1v) is 7.40. The molecule has 1 amide bonds. The molecule has 3 rings (SSSR count). The summed E-state index contributed by atoms with van der Waals surface area (Å²) >= 11 is 0. The highest BCUT2D eigenvalue weighted by molar-refractivity contribution is 5.90. The lowest BCUT2D eigenvalue weighted by Gasteiger charge is -2.13. The van der Waals surface area contributed by atoms with Crippen LogP contribution in [0.1, 0.15) is 17.5 Å². The fraction of sp³-hybridized carbons (Fsp3) is 0.118. The van der Waals surface area contributed by atoms with Gasteiger partial charge >= 0.3 is 0 Å². The van der Waals surface area contributed by atoms with Crippen molar-refractivity contribution in [2.24, 2.45) is 0 Å². The van der Waals surface area contributed by atoms with Crippen molar-refractivity contribution < 1.29 is 18.7 Å². The molecular weight excluding hydrogens is 330 g/mol. The van der Waals surface area contributed by atoms with E-state index in [-0.39, 0.29) is 18.1 Å². The lowest BCUT2D eigenvalue weighted by Crippen LogP contribution is -2.21. The van der Waals surface area contributed by atoms with Crippen molar-refractivity contribution in [1.82, 2.24) is 14.8 Å². The van der Waals surface area contributed by atoms with Crippen LogP contribution in [0.2, 0.25) is 0 Å². The minimum absolute atomic E-state index is 0.168. The Labute approximate surface area is 141 Å². The van der Waals surface area contributed by atoms with Crippen molar-refractivity contribution in [2.75, 3.05) is 5.32 Å². The third kappa shape index (κ3) is 3.86. The molecule has 0 unspecified atom stereocenters. The van der Waals surface area contributed by atoms with E-state index in [0.717, 1.165) is 18.2 Å². The van der Waals surface area contributed by atoms with Gasteiger partial charge in [-0.1, -0.05) is 30.3 Å². The van der Waals surface area contributed by atoms with Crippen molar-refractivity contribution in [3.8, 4) is 0 Å². The Balaban J connectivity index is 1.75. The summed E-state index contributed by atoms with van der Waals surface area (Å²) in [6.07, 6.45) is 0.214. The first kappa shape index (κ1) is 16.7. The van der Waals surface area contributed by atoms with Gasteiger partial charge in [-0.25, -0.2) is 8.78 Å². The van der Waals surface area contributed by atoms with Gasteiger partial charge in [-0.05, 0) is 17.7 Å². The Bertz CT molecular complexity index is 883. The van der Waals surface area contributed by atoms with Crippen molar-refractivity contribution in [3.05, 3.63) is 77.9 Å². The molecule has 0 radical (unpaired) electrons. The summed E-state index contributed by atoms with van der Waals surface area (Å²) in [6.45, 7) is -0.262. The molecular formula is C17H14F2N4O2. The number of aromatic nitrogens is 3. The van der Waals surface area contributed by atoms with Gasteiger partial charge in [0.05, 0.1) is 5.69 Å². The van der Waals surface area contributed by atoms with Crippen LogP contribution in [-0.4, -0.2) is 25.8 Å². The topological polar surface area (TPSA) is 80.0 Å². The van der Waals surface area contributed by atoms with Crippen LogP contribution in [0.15, 0.2) is 54.9 Å². The van der Waals surface area contributed by atoms with Crippen molar-refractivity contribution >= 4 is 11.6 Å². The molecule has 0 aliphatic heterocycles. The van der Waals surface area contributed by atoms with E-state index in [1.807, 2.05) is 6.07 Å². The predicted molar refractivity (Wildman–Crippen MR) is 85.5 cm³/mol. The van der Waals surface area contributed by atoms with Gasteiger partial charge < -0.3 is 15.0 Å². The molecule has 128 valence electrons. The number of benzene rings is 2. The van der Waals surface area contributed by atoms with Crippen LogP contribution >= 0.6 is 0 Å². The van der Waals surface area contributed by atoms with Crippen LogP contribution in [0, 0.1) is 11.6 Å². The zero-order valence-electron chi connectivity index (χ0n) is 12.9. The fourth-order valence-electron chi connectivity index (χ4n) is 2.32. The van der Waals surface area contributed by atoms with Crippen LogP contribution in [0.25, 0.3) is 0 Å². The van der Waals surface area contributed by atoms with Gasteiger partial charge in [0.25, 0.3) is 0 Å². The number of carbonyl (C=O) groups is 1. The van der Waals surface area contributed by atoms with E-state index < -0.39 is 23.6 Å². The fourth-order valence-corrected chi connectivity index (χ4v) is 2.32. The van der Waals surface area contributed by atoms with Crippen molar-refractivity contribution in [3.63, 3.8) is 0 Å². The second kappa shape index (κ2) is 7.18. The maximum atomic E-state index is 13.6. The highest BCUT2D eigenvalue weighted by atomic mass is 19.1. The van der Waals surface area contributed by atoms with Crippen LogP contribution in [0.5, 0.6) is 0 Å². The number of amides is 1. The standard InChI is InChI=1S/C17H14F2N4O2/c18-12-6-7-13(19)14(8-12)21-15(24)9-23-10-20-22-17(23)16(25)11-4-2-1-3-5-11/h1-8,10,16,25H,9H2,(H,21,24)/t16-/m1/s1. The molecule has 0 saturated heterocycles. The minimum Gasteiger partial charge on any atom is -0.380 e. The Morgan fingerprint density at radius 2 is 1.96 bits per heavy atom. The maximum absolute atomic E-state index is 13.6. The van der Waals surface area contributed by atoms with Gasteiger partial charge in [-0.15, -0.1) is 10.2 Å². The maximum Gasteiger partial charge on any atom is 0.244 e. The molecule has 0 aliphatic rings. The molecule has 1 atom stereocenters. The molecule has 2 N–H and O–H groups in total. The largest absolute Gasteiger partial charge is 0.380 e. The number of aliphatic hydroxyl groups excluding tert-OH is 1. The van der Waals surface area contributed by atoms with Gasteiger partial charge in [-0.2, -0.15) is 0 Å². The van der Waals surface area contributed by atoms with Crippen LogP contribution in [0.3, 0.4) is 0 Å². The van der Waals surface area contributed by atoms with Crippen LogP contribution < -0.4 is 5.32 Å². The van der Waals surface area contributed by atoms with E-state index in [9.17, 15) is 18.7 Å². The number of nitrogens with one attached hydrogen (secondary N) is 1. The Hall–Kier alpha value is -3.13. The summed E-state index contributed by atoms with van der Waals surface area (Å²) in [7, 11) is 0. The monoisotopic (exact) mass is 344 g/mol. The molecule has 2 aromatic carbocycles. The van der Waals surface area contributed by atoms with Gasteiger partial charge in [-0.3, -0.25) is 4.79 Å². The van der Waals surface area contributed by atoms with Gasteiger partial charge in [0.1, 0.15) is 30.6 Å². The predicted octanol–water partition coefficient (Wildman–Crippen LogP) is 2.28. The average molecular weight is 344 g/mol. The zero-order valence-corrected chi connectivity index (χ0v) is 12.9. The average Bonchev–Trinajstić information content (AvgIpc) is 3.06. The number of halogens is 2. The summed E-state index contributed by atoms with van der Waals surface area (Å²) in [4.78, 5) is 12.1. The van der Waals surface area contributed by atoms with Crippen molar-refractivity contribution in [2.45, 2.75) is 12.6 Å². The van der Waals surface area contributed by atoms with E-state index in [1.165, 1.54) is 10.9 Å². The normalized spacial score (nSPS) is 12.0. The second-order valence-electron chi connectivity index (χ2n) is 5.30. The molecule has 3 aromatic rings. The number of anilines is 1. The number of nitrogens with zero attached hydrogens (tertiary/aromatic N) is 3. The van der Waals surface area contributed by atoms with E-state index in [2.05, 4.69) is 15.5 Å². The number of carbonyl (C=O) groups excluding carboxylic acids is 1. The first-order chi connectivity index (χ1) is 12.0. The third-order valence-corrected chi connectivity index (χ3v) is 3.52. The number of rotatable bonds is 5. The summed E-state index contributed by atoms with van der Waals surface area (Å²) in [6, 6.07) is 11.5. The van der Waals surface area contributed by atoms with E-state index in [1.54, 1.807) is 24.3 Å². The SMILES string of the molecule is O=C(Cn1cnnc1[C@H](O)c1ccccc1)Nc1cc(F)ccc1F. The van der Waals surface area contributed by atoms with Gasteiger partial charge in [0.2, 0.25) is 5.91 Å². The second-order valence-corrected chi connectivity index (χ2v) is 5.30. The summed E-state index contributed by atoms with van der Waals surface area (Å²) < 4.78 is 28.1. The molecule has 0 spiro atoms.